The predicted molar refractivity (Wildman–Crippen MR) is 300 cm³/mol. The lowest BCUT2D eigenvalue weighted by molar-refractivity contribution is 0.661. The monoisotopic (exact) mass is 898 g/mol. The Hall–Kier alpha value is -8.84. The quantitative estimate of drug-likeness (QED) is 0.156. The van der Waals surface area contributed by atoms with Crippen molar-refractivity contribution in [3.05, 3.63) is 254 Å². The summed E-state index contributed by atoms with van der Waals surface area (Å²) in [5, 5.41) is 5.23. The molecule has 0 saturated carbocycles. The number of benzene rings is 12. The Labute approximate surface area is 414 Å². The van der Waals surface area contributed by atoms with Gasteiger partial charge in [-0.05, 0) is 167 Å². The van der Waals surface area contributed by atoms with Crippen molar-refractivity contribution in [3.63, 3.8) is 0 Å². The maximum absolute atomic E-state index is 2.52. The number of hydrogen-bond acceptors (Lipinski definition) is 0. The molecule has 3 aliphatic carbocycles. The second-order valence-corrected chi connectivity index (χ2v) is 20.2. The molecule has 0 bridgehead atoms. The van der Waals surface area contributed by atoms with Gasteiger partial charge in [0.25, 0.3) is 0 Å². The molecule has 12 aromatic rings. The molecule has 3 aliphatic rings. The molecule has 12 aromatic carbocycles. The van der Waals surface area contributed by atoms with Gasteiger partial charge in [-0.3, -0.25) is 0 Å². The molecule has 0 N–H and O–H groups in total. The number of hydrogen-bond donors (Lipinski definition) is 0. The number of rotatable bonds is 6. The summed E-state index contributed by atoms with van der Waals surface area (Å²) in [4.78, 5) is 0. The minimum absolute atomic E-state index is 0.247. The maximum Gasteiger partial charge on any atom is 0.0159 e. The lowest BCUT2D eigenvalue weighted by atomic mass is 9.79. The van der Waals surface area contributed by atoms with E-state index in [4.69, 9.17) is 0 Å². The highest BCUT2D eigenvalue weighted by molar-refractivity contribution is 6.26. The van der Waals surface area contributed by atoms with Gasteiger partial charge in [-0.25, -0.2) is 0 Å². The molecule has 330 valence electrons. The fourth-order valence-corrected chi connectivity index (χ4v) is 13.0. The van der Waals surface area contributed by atoms with Gasteiger partial charge in [-0.2, -0.15) is 0 Å². The average molecular weight is 899 g/mol. The van der Waals surface area contributed by atoms with Crippen LogP contribution in [0.2, 0.25) is 0 Å². The van der Waals surface area contributed by atoms with E-state index in [0.29, 0.717) is 0 Å². The van der Waals surface area contributed by atoms with Crippen molar-refractivity contribution in [2.75, 3.05) is 0 Å². The van der Waals surface area contributed by atoms with Crippen LogP contribution < -0.4 is 0 Å². The molecule has 0 aliphatic heterocycles. The second kappa shape index (κ2) is 15.1. The van der Waals surface area contributed by atoms with Crippen molar-refractivity contribution in [2.45, 2.75) is 19.3 Å². The normalized spacial score (nSPS) is 13.0. The maximum atomic E-state index is 2.52. The van der Waals surface area contributed by atoms with Crippen LogP contribution >= 0.6 is 0 Å². The zero-order chi connectivity index (χ0) is 47.0. The zero-order valence-electron chi connectivity index (χ0n) is 39.6. The highest BCUT2D eigenvalue weighted by Crippen LogP contribution is 2.60. The van der Waals surface area contributed by atoms with E-state index in [1.54, 1.807) is 0 Å². The van der Waals surface area contributed by atoms with Crippen molar-refractivity contribution in [3.8, 4) is 122 Å². The summed E-state index contributed by atoms with van der Waals surface area (Å²) in [7, 11) is 0. The Kier molecular flexibility index (Phi) is 8.51. The summed E-state index contributed by atoms with van der Waals surface area (Å²) in [6.07, 6.45) is 0. The van der Waals surface area contributed by atoms with E-state index in [0.717, 1.165) is 0 Å². The molecule has 0 fully saturated rings. The minimum atomic E-state index is -0.247. The summed E-state index contributed by atoms with van der Waals surface area (Å²) in [6.45, 7) is 4.87. The van der Waals surface area contributed by atoms with Gasteiger partial charge >= 0.3 is 0 Å². The standard InChI is InChI=1S/C71H46/c1-71(2)61-41-49(55-33-29-47-25-15-27-59-63(47)67(55)69-53(45-21-11-5-12-22-45)39-37-51(65(59)69)43-17-7-3-8-18-43)31-35-57(61)58-36-32-50(42-62(58)71)56-34-30-48-26-16-28-60-64(48)68(56)70-54(46-23-13-6-14-24-46)40-38-52(66(60)70)44-19-9-4-10-20-44/h3-42H,1-2H3. The molecule has 0 spiro atoms. The topological polar surface area (TPSA) is 0 Å². The van der Waals surface area contributed by atoms with Crippen LogP contribution in [-0.4, -0.2) is 0 Å². The highest BCUT2D eigenvalue weighted by atomic mass is 14.4. The van der Waals surface area contributed by atoms with Gasteiger partial charge in [0.05, 0.1) is 0 Å². The predicted octanol–water partition coefficient (Wildman–Crippen LogP) is 19.6. The molecular formula is C71H46. The van der Waals surface area contributed by atoms with Gasteiger partial charge in [0.2, 0.25) is 0 Å². The second-order valence-electron chi connectivity index (χ2n) is 20.2. The molecule has 15 rings (SSSR count). The molecular weight excluding hydrogens is 853 g/mol. The third kappa shape index (κ3) is 5.74. The molecule has 0 aromatic heterocycles. The van der Waals surface area contributed by atoms with Crippen LogP contribution in [0, 0.1) is 0 Å². The SMILES string of the molecule is CC1(C)c2cc(-c3ccc4cccc5c4c3-c3c(-c4ccccc4)ccc(-c4ccccc4)c3-5)ccc2-c2ccc(-c3ccc4cccc5c4c3-c3c(-c4ccccc4)ccc(-c4ccccc4)c3-5)cc21. The first-order valence-corrected chi connectivity index (χ1v) is 25.0. The van der Waals surface area contributed by atoms with E-state index in [1.807, 2.05) is 0 Å². The smallest absolute Gasteiger partial charge is 0.0159 e. The molecule has 0 unspecified atom stereocenters. The van der Waals surface area contributed by atoms with Crippen molar-refractivity contribution in [1.29, 1.82) is 0 Å². The van der Waals surface area contributed by atoms with Crippen LogP contribution in [0.1, 0.15) is 25.0 Å². The van der Waals surface area contributed by atoms with Crippen molar-refractivity contribution < 1.29 is 0 Å². The fourth-order valence-electron chi connectivity index (χ4n) is 13.0. The first-order valence-electron chi connectivity index (χ1n) is 25.0. The molecule has 71 heavy (non-hydrogen) atoms. The van der Waals surface area contributed by atoms with Crippen molar-refractivity contribution in [1.82, 2.24) is 0 Å². The van der Waals surface area contributed by atoms with Gasteiger partial charge < -0.3 is 0 Å². The highest BCUT2D eigenvalue weighted by Gasteiger charge is 2.38. The third-order valence-corrected chi connectivity index (χ3v) is 16.2. The summed E-state index contributed by atoms with van der Waals surface area (Å²) in [6, 6.07) is 91.0. The van der Waals surface area contributed by atoms with E-state index in [-0.39, 0.29) is 5.41 Å². The minimum Gasteiger partial charge on any atom is -0.0622 e. The van der Waals surface area contributed by atoms with Crippen molar-refractivity contribution >= 4 is 21.5 Å². The summed E-state index contributed by atoms with van der Waals surface area (Å²) < 4.78 is 0. The van der Waals surface area contributed by atoms with E-state index >= 15 is 0 Å². The Bertz CT molecular complexity index is 3920. The van der Waals surface area contributed by atoms with E-state index < -0.39 is 0 Å². The third-order valence-electron chi connectivity index (χ3n) is 16.2. The molecule has 0 atom stereocenters. The van der Waals surface area contributed by atoms with E-state index in [1.165, 1.54) is 155 Å². The molecule has 0 saturated heterocycles. The Morgan fingerprint density at radius 2 is 0.521 bits per heavy atom. The van der Waals surface area contributed by atoms with Crippen LogP contribution in [0.15, 0.2) is 243 Å². The molecule has 0 heteroatoms. The van der Waals surface area contributed by atoms with E-state index in [2.05, 4.69) is 257 Å². The van der Waals surface area contributed by atoms with Crippen LogP contribution in [-0.2, 0) is 5.41 Å². The Balaban J connectivity index is 0.902. The largest absolute Gasteiger partial charge is 0.0622 e. The van der Waals surface area contributed by atoms with Crippen molar-refractivity contribution in [2.24, 2.45) is 0 Å². The van der Waals surface area contributed by atoms with Gasteiger partial charge in [0.1, 0.15) is 0 Å². The van der Waals surface area contributed by atoms with Crippen LogP contribution in [0.4, 0.5) is 0 Å². The molecule has 0 nitrogen and oxygen atoms in total. The Morgan fingerprint density at radius 1 is 0.211 bits per heavy atom. The number of fused-ring (bicyclic) bond motifs is 9. The van der Waals surface area contributed by atoms with E-state index in [9.17, 15) is 0 Å². The lowest BCUT2D eigenvalue weighted by Crippen LogP contribution is -2.15. The molecule has 0 heterocycles. The van der Waals surface area contributed by atoms with Gasteiger partial charge in [0.15, 0.2) is 0 Å². The summed E-state index contributed by atoms with van der Waals surface area (Å²) >= 11 is 0. The van der Waals surface area contributed by atoms with Gasteiger partial charge in [0, 0.05) is 5.41 Å². The molecule has 0 amide bonds. The van der Waals surface area contributed by atoms with Gasteiger partial charge in [-0.1, -0.05) is 244 Å². The van der Waals surface area contributed by atoms with Crippen LogP contribution in [0.3, 0.4) is 0 Å². The summed E-state index contributed by atoms with van der Waals surface area (Å²) in [5.74, 6) is 0. The lowest BCUT2D eigenvalue weighted by Gasteiger charge is -2.23. The average Bonchev–Trinajstić information content (AvgIpc) is 4.05. The Morgan fingerprint density at radius 3 is 0.887 bits per heavy atom. The fraction of sp³-hybridized carbons (Fsp3) is 0.0423. The first kappa shape index (κ1) is 40.1. The first-order chi connectivity index (χ1) is 35.0. The van der Waals surface area contributed by atoms with Crippen LogP contribution in [0.5, 0.6) is 0 Å². The van der Waals surface area contributed by atoms with Gasteiger partial charge in [-0.15, -0.1) is 0 Å². The molecule has 0 radical (unpaired) electrons. The zero-order valence-corrected chi connectivity index (χ0v) is 39.6. The summed E-state index contributed by atoms with van der Waals surface area (Å²) in [5.41, 5.74) is 30.8. The van der Waals surface area contributed by atoms with Crippen LogP contribution in [0.25, 0.3) is 144 Å².